The van der Waals surface area contributed by atoms with Crippen molar-refractivity contribution in [1.29, 1.82) is 0 Å². The average molecular weight is 465 g/mol. The van der Waals surface area contributed by atoms with Gasteiger partial charge in [-0.05, 0) is 66.3 Å². The summed E-state index contributed by atoms with van der Waals surface area (Å²) >= 11 is 6.25. The number of halogens is 5. The van der Waals surface area contributed by atoms with Gasteiger partial charge in [0.2, 0.25) is 5.56 Å². The Balaban J connectivity index is 1.84. The molecule has 0 radical (unpaired) electrons. The molecule has 1 amide bonds. The molecule has 2 heterocycles. The molecule has 4 nitrogen and oxygen atoms in total. The van der Waals surface area contributed by atoms with Crippen molar-refractivity contribution in [3.05, 3.63) is 98.2 Å². The average Bonchev–Trinajstić information content (AvgIpc) is 2.72. The Kier molecular flexibility index (Phi) is 5.81. The largest absolute Gasteiger partial charge is 0.416 e. The highest BCUT2D eigenvalue weighted by atomic mass is 35.5. The number of amides is 1. The molecule has 1 N–H and O–H groups in total. The van der Waals surface area contributed by atoms with E-state index in [4.69, 9.17) is 11.6 Å². The van der Waals surface area contributed by atoms with Crippen LogP contribution in [-0.4, -0.2) is 17.4 Å². The second-order valence-corrected chi connectivity index (χ2v) is 8.00. The number of rotatable bonds is 2. The third kappa shape index (κ3) is 4.41. The number of nitrogens with zero attached hydrogens (tertiary/aromatic N) is 1. The number of fused-ring (bicyclic) bond motifs is 1. The molecule has 4 rings (SSSR count). The van der Waals surface area contributed by atoms with E-state index in [1.54, 1.807) is 0 Å². The summed E-state index contributed by atoms with van der Waals surface area (Å²) in [4.78, 5) is 28.6. The van der Waals surface area contributed by atoms with Crippen LogP contribution in [0.25, 0.3) is 0 Å². The minimum Gasteiger partial charge on any atom is -0.327 e. The SMILES string of the molecule is O=C1c2ccc(C(F)(F)F)cc2CC(c2ccc(F)cc2Cl)CCN1c1ccc(=O)[nH]c1. The molecule has 0 saturated carbocycles. The number of alkyl halides is 3. The second kappa shape index (κ2) is 8.43. The first-order valence-electron chi connectivity index (χ1n) is 9.79. The first kappa shape index (κ1) is 22.1. The number of aromatic amines is 1. The predicted octanol–water partition coefficient (Wildman–Crippen LogP) is 5.56. The molecule has 1 aliphatic rings. The molecule has 1 aliphatic heterocycles. The van der Waals surface area contributed by atoms with E-state index in [1.807, 2.05) is 0 Å². The predicted molar refractivity (Wildman–Crippen MR) is 113 cm³/mol. The van der Waals surface area contributed by atoms with Gasteiger partial charge >= 0.3 is 6.18 Å². The van der Waals surface area contributed by atoms with Gasteiger partial charge in [0, 0.05) is 29.4 Å². The van der Waals surface area contributed by atoms with Gasteiger partial charge in [-0.25, -0.2) is 4.39 Å². The summed E-state index contributed by atoms with van der Waals surface area (Å²) in [6, 6.07) is 9.70. The fourth-order valence-electron chi connectivity index (χ4n) is 3.96. The van der Waals surface area contributed by atoms with Gasteiger partial charge in [0.05, 0.1) is 11.3 Å². The van der Waals surface area contributed by atoms with Gasteiger partial charge in [0.25, 0.3) is 5.91 Å². The molecule has 2 aromatic carbocycles. The van der Waals surface area contributed by atoms with Crippen molar-refractivity contribution in [3.63, 3.8) is 0 Å². The van der Waals surface area contributed by atoms with Crippen LogP contribution in [0.15, 0.2) is 59.5 Å². The summed E-state index contributed by atoms with van der Waals surface area (Å²) in [5, 5.41) is 0.172. The first-order chi connectivity index (χ1) is 15.1. The van der Waals surface area contributed by atoms with Crippen LogP contribution in [0, 0.1) is 5.82 Å². The highest BCUT2D eigenvalue weighted by molar-refractivity contribution is 6.31. The standard InChI is InChI=1S/C23H17ClF4N2O2/c24-20-11-16(25)2-5-18(20)13-7-8-30(17-3-6-21(31)29-12-17)22(32)19-4-1-15(23(26,27)28)10-14(19)9-13/h1-6,10-13H,7-9H2,(H,29,31). The van der Waals surface area contributed by atoms with E-state index >= 15 is 0 Å². The number of anilines is 1. The fourth-order valence-corrected chi connectivity index (χ4v) is 4.28. The Morgan fingerprint density at radius 2 is 1.81 bits per heavy atom. The number of carbonyl (C=O) groups excluding carboxylic acids is 1. The van der Waals surface area contributed by atoms with E-state index in [-0.39, 0.29) is 40.6 Å². The fraction of sp³-hybridized carbons (Fsp3) is 0.217. The number of carbonyl (C=O) groups is 1. The monoisotopic (exact) mass is 464 g/mol. The van der Waals surface area contributed by atoms with E-state index in [0.717, 1.165) is 18.2 Å². The smallest absolute Gasteiger partial charge is 0.327 e. The van der Waals surface area contributed by atoms with Crippen LogP contribution in [0.4, 0.5) is 23.2 Å². The molecule has 0 aliphatic carbocycles. The van der Waals surface area contributed by atoms with Crippen LogP contribution in [0.3, 0.4) is 0 Å². The van der Waals surface area contributed by atoms with E-state index in [2.05, 4.69) is 4.98 Å². The lowest BCUT2D eigenvalue weighted by molar-refractivity contribution is -0.137. The zero-order valence-electron chi connectivity index (χ0n) is 16.5. The molecule has 0 saturated heterocycles. The maximum absolute atomic E-state index is 13.6. The zero-order chi connectivity index (χ0) is 23.0. The summed E-state index contributed by atoms with van der Waals surface area (Å²) in [7, 11) is 0. The normalized spacial score (nSPS) is 17.0. The number of H-pyrrole nitrogens is 1. The number of pyridine rings is 1. The Morgan fingerprint density at radius 3 is 2.47 bits per heavy atom. The van der Waals surface area contributed by atoms with Gasteiger partial charge in [0.15, 0.2) is 0 Å². The molecule has 0 fully saturated rings. The summed E-state index contributed by atoms with van der Waals surface area (Å²) in [5.74, 6) is -1.34. The maximum Gasteiger partial charge on any atom is 0.416 e. The van der Waals surface area contributed by atoms with Crippen LogP contribution < -0.4 is 10.5 Å². The number of hydrogen-bond acceptors (Lipinski definition) is 2. The lowest BCUT2D eigenvalue weighted by atomic mass is 9.85. The molecule has 32 heavy (non-hydrogen) atoms. The molecule has 0 bridgehead atoms. The van der Waals surface area contributed by atoms with Gasteiger partial charge in [0.1, 0.15) is 5.82 Å². The van der Waals surface area contributed by atoms with Crippen molar-refractivity contribution in [2.24, 2.45) is 0 Å². The van der Waals surface area contributed by atoms with Gasteiger partial charge in [-0.2, -0.15) is 13.2 Å². The highest BCUT2D eigenvalue weighted by Crippen LogP contribution is 2.37. The van der Waals surface area contributed by atoms with Gasteiger partial charge in [-0.1, -0.05) is 17.7 Å². The number of benzene rings is 2. The molecule has 3 aromatic rings. The molecular weight excluding hydrogens is 448 g/mol. The molecule has 166 valence electrons. The Morgan fingerprint density at radius 1 is 1.03 bits per heavy atom. The number of aromatic nitrogens is 1. The van der Waals surface area contributed by atoms with E-state index in [0.29, 0.717) is 17.7 Å². The van der Waals surface area contributed by atoms with E-state index in [9.17, 15) is 27.2 Å². The quantitative estimate of drug-likeness (QED) is 0.505. The maximum atomic E-state index is 13.6. The topological polar surface area (TPSA) is 53.2 Å². The third-order valence-electron chi connectivity index (χ3n) is 5.56. The van der Waals surface area contributed by atoms with Crippen LogP contribution in [0.5, 0.6) is 0 Å². The summed E-state index contributed by atoms with van der Waals surface area (Å²) in [5.41, 5.74) is 0.151. The van der Waals surface area contributed by atoms with Crippen LogP contribution in [0.2, 0.25) is 5.02 Å². The van der Waals surface area contributed by atoms with E-state index < -0.39 is 23.5 Å². The molecule has 1 atom stereocenters. The minimum atomic E-state index is -4.57. The first-order valence-corrected chi connectivity index (χ1v) is 10.2. The van der Waals surface area contributed by atoms with Gasteiger partial charge < -0.3 is 9.88 Å². The molecule has 0 spiro atoms. The third-order valence-corrected chi connectivity index (χ3v) is 5.88. The Bertz CT molecular complexity index is 1220. The van der Waals surface area contributed by atoms with E-state index in [1.165, 1.54) is 41.4 Å². The second-order valence-electron chi connectivity index (χ2n) is 7.59. The van der Waals surface area contributed by atoms with Crippen LogP contribution in [-0.2, 0) is 12.6 Å². The van der Waals surface area contributed by atoms with Crippen molar-refractivity contribution >= 4 is 23.2 Å². The number of hydrogen-bond donors (Lipinski definition) is 1. The minimum absolute atomic E-state index is 0.132. The zero-order valence-corrected chi connectivity index (χ0v) is 17.3. The lowest BCUT2D eigenvalue weighted by Crippen LogP contribution is -2.36. The van der Waals surface area contributed by atoms with Crippen LogP contribution in [0.1, 0.15) is 39.4 Å². The van der Waals surface area contributed by atoms with Crippen molar-refractivity contribution in [1.82, 2.24) is 4.98 Å². The molecule has 1 aromatic heterocycles. The summed E-state index contributed by atoms with van der Waals surface area (Å²) < 4.78 is 53.6. The number of nitrogens with one attached hydrogen (secondary N) is 1. The van der Waals surface area contributed by atoms with Gasteiger partial charge in [-0.15, -0.1) is 0 Å². The Labute approximate surface area is 185 Å². The summed E-state index contributed by atoms with van der Waals surface area (Å²) in [6.07, 6.45) is -2.69. The molecular formula is C23H17ClF4N2O2. The molecule has 9 heteroatoms. The van der Waals surface area contributed by atoms with Crippen LogP contribution >= 0.6 is 11.6 Å². The summed E-state index contributed by atoms with van der Waals surface area (Å²) in [6.45, 7) is 0.226. The molecule has 1 unspecified atom stereocenters. The highest BCUT2D eigenvalue weighted by Gasteiger charge is 2.34. The van der Waals surface area contributed by atoms with Crippen molar-refractivity contribution in [2.45, 2.75) is 24.9 Å². The Hall–Kier alpha value is -3.13. The van der Waals surface area contributed by atoms with Crippen molar-refractivity contribution < 1.29 is 22.4 Å². The lowest BCUT2D eigenvalue weighted by Gasteiger charge is -2.30. The van der Waals surface area contributed by atoms with Crippen molar-refractivity contribution in [2.75, 3.05) is 11.4 Å². The van der Waals surface area contributed by atoms with Gasteiger partial charge in [-0.3, -0.25) is 9.59 Å². The van der Waals surface area contributed by atoms with Crippen molar-refractivity contribution in [3.8, 4) is 0 Å².